The molecule has 2 aromatic rings. The summed E-state index contributed by atoms with van der Waals surface area (Å²) in [6.45, 7) is 4.28. The smallest absolute Gasteiger partial charge is 0.293 e. The Kier molecular flexibility index (Phi) is 7.43. The third-order valence-corrected chi connectivity index (χ3v) is 5.50. The summed E-state index contributed by atoms with van der Waals surface area (Å²) >= 11 is 0.913. The van der Waals surface area contributed by atoms with Crippen molar-refractivity contribution < 1.29 is 19.1 Å². The average molecular weight is 425 g/mol. The molecule has 6 nitrogen and oxygen atoms in total. The van der Waals surface area contributed by atoms with Crippen LogP contribution >= 0.6 is 11.8 Å². The molecular formula is C23H24N2O4S. The van der Waals surface area contributed by atoms with E-state index in [4.69, 9.17) is 4.74 Å². The summed E-state index contributed by atoms with van der Waals surface area (Å²) in [6.07, 6.45) is 1.07. The monoisotopic (exact) mass is 424 g/mol. The number of ether oxygens (including phenoxy) is 1. The highest BCUT2D eigenvalue weighted by Gasteiger charge is 2.34. The largest absolute Gasteiger partial charge is 0.364 e. The van der Waals surface area contributed by atoms with Gasteiger partial charge in [-0.1, -0.05) is 60.2 Å². The third-order valence-electron chi connectivity index (χ3n) is 4.60. The number of benzene rings is 2. The van der Waals surface area contributed by atoms with Crippen LogP contribution in [0.3, 0.4) is 0 Å². The maximum atomic E-state index is 12.5. The molecule has 3 amide bonds. The van der Waals surface area contributed by atoms with Crippen molar-refractivity contribution in [1.29, 1.82) is 0 Å². The Morgan fingerprint density at radius 2 is 1.83 bits per heavy atom. The molecule has 0 aromatic heterocycles. The minimum absolute atomic E-state index is 0.118. The number of nitrogens with one attached hydrogen (secondary N) is 1. The van der Waals surface area contributed by atoms with Gasteiger partial charge in [-0.2, -0.15) is 0 Å². The molecule has 1 atom stereocenters. The fourth-order valence-electron chi connectivity index (χ4n) is 2.81. The number of rotatable bonds is 8. The Morgan fingerprint density at radius 1 is 1.13 bits per heavy atom. The fourth-order valence-corrected chi connectivity index (χ4v) is 3.68. The van der Waals surface area contributed by atoms with E-state index in [1.807, 2.05) is 61.5 Å². The van der Waals surface area contributed by atoms with Crippen LogP contribution in [-0.2, 0) is 20.9 Å². The molecule has 0 saturated carbocycles. The Balaban J connectivity index is 1.47. The van der Waals surface area contributed by atoms with Gasteiger partial charge < -0.3 is 10.1 Å². The lowest BCUT2D eigenvalue weighted by Gasteiger charge is -2.16. The van der Waals surface area contributed by atoms with Crippen LogP contribution in [-0.4, -0.2) is 41.1 Å². The van der Waals surface area contributed by atoms with Gasteiger partial charge in [0.15, 0.2) is 0 Å². The van der Waals surface area contributed by atoms with Gasteiger partial charge in [0, 0.05) is 13.1 Å². The van der Waals surface area contributed by atoms with Crippen LogP contribution in [0.1, 0.15) is 23.6 Å². The van der Waals surface area contributed by atoms with E-state index >= 15 is 0 Å². The van der Waals surface area contributed by atoms with Crippen molar-refractivity contribution in [3.8, 4) is 0 Å². The van der Waals surface area contributed by atoms with Gasteiger partial charge in [0.25, 0.3) is 11.1 Å². The molecule has 1 unspecified atom stereocenters. The predicted octanol–water partition coefficient (Wildman–Crippen LogP) is 3.75. The Morgan fingerprint density at radius 3 is 2.53 bits per heavy atom. The van der Waals surface area contributed by atoms with E-state index in [1.54, 1.807) is 13.0 Å². The normalized spacial score (nSPS) is 16.2. The Bertz CT molecular complexity index is 941. The zero-order valence-electron chi connectivity index (χ0n) is 17.0. The summed E-state index contributed by atoms with van der Waals surface area (Å²) in [7, 11) is 0. The molecule has 1 fully saturated rings. The number of thioether (sulfide) groups is 1. The molecule has 1 saturated heterocycles. The van der Waals surface area contributed by atoms with E-state index in [0.29, 0.717) is 11.5 Å². The summed E-state index contributed by atoms with van der Waals surface area (Å²) < 4.78 is 5.57. The molecule has 156 valence electrons. The quantitative estimate of drug-likeness (QED) is 0.653. The van der Waals surface area contributed by atoms with Gasteiger partial charge in [-0.3, -0.25) is 19.3 Å². The number of carbonyl (C=O) groups is 3. The maximum Gasteiger partial charge on any atom is 0.293 e. The summed E-state index contributed by atoms with van der Waals surface area (Å²) in [6, 6.07) is 17.3. The van der Waals surface area contributed by atoms with Gasteiger partial charge in [-0.15, -0.1) is 0 Å². The lowest BCUT2D eigenvalue weighted by Crippen LogP contribution is -2.41. The standard InChI is InChI=1S/C23H24N2O4S/c1-16-8-10-18(11-9-16)14-20-22(27)25(23(28)30-20)13-12-24-21(26)17(2)29-15-19-6-4-3-5-7-19/h3-11,14,17H,12-13,15H2,1-2H3,(H,24,26)/b20-14+. The second-order valence-electron chi connectivity index (χ2n) is 6.97. The molecule has 0 bridgehead atoms. The second kappa shape index (κ2) is 10.2. The number of carbonyl (C=O) groups excluding carboxylic acids is 3. The minimum atomic E-state index is -0.637. The zero-order valence-corrected chi connectivity index (χ0v) is 17.8. The average Bonchev–Trinajstić information content (AvgIpc) is 3.01. The molecule has 0 radical (unpaired) electrons. The topological polar surface area (TPSA) is 75.7 Å². The molecule has 3 rings (SSSR count). The first-order chi connectivity index (χ1) is 14.4. The number of nitrogens with zero attached hydrogens (tertiary/aromatic N) is 1. The summed E-state index contributed by atoms with van der Waals surface area (Å²) in [5.41, 5.74) is 2.97. The molecule has 0 spiro atoms. The van der Waals surface area contributed by atoms with E-state index in [1.165, 1.54) is 0 Å². The van der Waals surface area contributed by atoms with Gasteiger partial charge in [-0.25, -0.2) is 0 Å². The van der Waals surface area contributed by atoms with Crippen LogP contribution in [0.2, 0.25) is 0 Å². The first-order valence-corrected chi connectivity index (χ1v) is 10.5. The van der Waals surface area contributed by atoms with E-state index in [2.05, 4.69) is 5.32 Å². The van der Waals surface area contributed by atoms with E-state index in [-0.39, 0.29) is 30.1 Å². The van der Waals surface area contributed by atoms with E-state index in [0.717, 1.165) is 33.4 Å². The van der Waals surface area contributed by atoms with Crippen molar-refractivity contribution >= 4 is 34.9 Å². The van der Waals surface area contributed by atoms with Crippen molar-refractivity contribution in [3.05, 3.63) is 76.2 Å². The van der Waals surface area contributed by atoms with Crippen LogP contribution in [0.15, 0.2) is 59.5 Å². The van der Waals surface area contributed by atoms with Gasteiger partial charge in [0.05, 0.1) is 11.5 Å². The molecule has 1 N–H and O–H groups in total. The van der Waals surface area contributed by atoms with Crippen LogP contribution in [0.25, 0.3) is 6.08 Å². The lowest BCUT2D eigenvalue weighted by atomic mass is 10.1. The van der Waals surface area contributed by atoms with Crippen LogP contribution in [0.4, 0.5) is 4.79 Å². The lowest BCUT2D eigenvalue weighted by molar-refractivity contribution is -0.132. The number of hydrogen-bond acceptors (Lipinski definition) is 5. The summed E-state index contributed by atoms with van der Waals surface area (Å²) in [5.74, 6) is -0.624. The summed E-state index contributed by atoms with van der Waals surface area (Å²) in [5, 5.41) is 2.39. The second-order valence-corrected chi connectivity index (χ2v) is 7.97. The fraction of sp³-hybridized carbons (Fsp3) is 0.261. The van der Waals surface area contributed by atoms with Crippen molar-refractivity contribution in [3.63, 3.8) is 0 Å². The van der Waals surface area contributed by atoms with Crippen molar-refractivity contribution in [2.75, 3.05) is 13.1 Å². The third kappa shape index (κ3) is 5.81. The van der Waals surface area contributed by atoms with E-state index in [9.17, 15) is 14.4 Å². The van der Waals surface area contributed by atoms with Crippen LogP contribution in [0.5, 0.6) is 0 Å². The molecule has 30 heavy (non-hydrogen) atoms. The van der Waals surface area contributed by atoms with E-state index < -0.39 is 6.10 Å². The van der Waals surface area contributed by atoms with Crippen molar-refractivity contribution in [1.82, 2.24) is 10.2 Å². The number of hydrogen-bond donors (Lipinski definition) is 1. The van der Waals surface area contributed by atoms with Gasteiger partial charge in [0.1, 0.15) is 6.10 Å². The van der Waals surface area contributed by atoms with Gasteiger partial charge >= 0.3 is 0 Å². The van der Waals surface area contributed by atoms with Gasteiger partial charge in [-0.05, 0) is 42.8 Å². The highest BCUT2D eigenvalue weighted by Crippen LogP contribution is 2.31. The van der Waals surface area contributed by atoms with Crippen LogP contribution in [0, 0.1) is 6.92 Å². The highest BCUT2D eigenvalue weighted by molar-refractivity contribution is 8.18. The Labute approximate surface area is 180 Å². The van der Waals surface area contributed by atoms with Crippen LogP contribution < -0.4 is 5.32 Å². The van der Waals surface area contributed by atoms with Crippen molar-refractivity contribution in [2.45, 2.75) is 26.6 Å². The first kappa shape index (κ1) is 21.8. The zero-order chi connectivity index (χ0) is 21.5. The minimum Gasteiger partial charge on any atom is -0.364 e. The predicted molar refractivity (Wildman–Crippen MR) is 118 cm³/mol. The molecule has 1 aliphatic rings. The molecular weight excluding hydrogens is 400 g/mol. The SMILES string of the molecule is Cc1ccc(/C=C2/SC(=O)N(CCNC(=O)C(C)OCc3ccccc3)C2=O)cc1. The molecule has 1 heterocycles. The molecule has 7 heteroatoms. The number of amides is 3. The molecule has 0 aliphatic carbocycles. The maximum absolute atomic E-state index is 12.5. The molecule has 1 aliphatic heterocycles. The number of imide groups is 1. The van der Waals surface area contributed by atoms with Gasteiger partial charge in [0.2, 0.25) is 5.91 Å². The number of aryl methyl sites for hydroxylation is 1. The Hall–Kier alpha value is -2.90. The summed E-state index contributed by atoms with van der Waals surface area (Å²) in [4.78, 5) is 38.5. The molecule has 2 aromatic carbocycles. The highest BCUT2D eigenvalue weighted by atomic mass is 32.2. The van der Waals surface area contributed by atoms with Crippen molar-refractivity contribution in [2.24, 2.45) is 0 Å². The first-order valence-electron chi connectivity index (χ1n) is 9.69.